The number of fused-ring (bicyclic) bond motifs is 1. The van der Waals surface area contributed by atoms with Gasteiger partial charge >= 0.3 is 6.36 Å². The molecule has 21 heavy (non-hydrogen) atoms. The number of ether oxygens (including phenoxy) is 1. The van der Waals surface area contributed by atoms with Crippen molar-refractivity contribution in [3.8, 4) is 11.4 Å². The second kappa shape index (κ2) is 4.88. The lowest BCUT2D eigenvalue weighted by Gasteiger charge is -2.13. The SMILES string of the molecule is FC(F)(F)Oc1ccccc1-n1c(=S)[nH]c2cccnc21. The summed E-state index contributed by atoms with van der Waals surface area (Å²) >= 11 is 5.17. The highest BCUT2D eigenvalue weighted by atomic mass is 32.1. The Labute approximate surface area is 121 Å². The van der Waals surface area contributed by atoms with Crippen LogP contribution in [-0.2, 0) is 0 Å². The van der Waals surface area contributed by atoms with Crippen molar-refractivity contribution in [1.29, 1.82) is 0 Å². The maximum atomic E-state index is 12.5. The van der Waals surface area contributed by atoms with E-state index in [4.69, 9.17) is 12.2 Å². The van der Waals surface area contributed by atoms with Crippen LogP contribution in [0.1, 0.15) is 0 Å². The number of pyridine rings is 1. The summed E-state index contributed by atoms with van der Waals surface area (Å²) in [5.41, 5.74) is 1.23. The molecule has 0 atom stereocenters. The number of benzene rings is 1. The van der Waals surface area contributed by atoms with Gasteiger partial charge in [-0.3, -0.25) is 4.57 Å². The van der Waals surface area contributed by atoms with E-state index in [0.717, 1.165) is 0 Å². The predicted octanol–water partition coefficient (Wildman–Crippen LogP) is 3.98. The molecule has 0 aliphatic carbocycles. The molecule has 1 N–H and O–H groups in total. The molecule has 0 saturated carbocycles. The number of rotatable bonds is 2. The average molecular weight is 311 g/mol. The van der Waals surface area contributed by atoms with Gasteiger partial charge in [0.05, 0.1) is 11.2 Å². The first-order chi connectivity index (χ1) is 9.96. The zero-order valence-corrected chi connectivity index (χ0v) is 11.2. The van der Waals surface area contributed by atoms with Gasteiger partial charge in [0, 0.05) is 6.20 Å². The standard InChI is InChI=1S/C13H8F3N3OS/c14-13(15,16)20-10-6-2-1-5-9(10)19-11-8(18-12(19)21)4-3-7-17-11/h1-7H,(H,18,21). The van der Waals surface area contributed by atoms with Crippen molar-refractivity contribution in [2.24, 2.45) is 0 Å². The van der Waals surface area contributed by atoms with Gasteiger partial charge in [0.2, 0.25) is 0 Å². The molecule has 0 aliphatic heterocycles. The number of halogens is 3. The summed E-state index contributed by atoms with van der Waals surface area (Å²) in [5.74, 6) is -0.340. The molecule has 0 bridgehead atoms. The molecule has 0 unspecified atom stereocenters. The molecule has 0 fully saturated rings. The Bertz CT molecular complexity index is 853. The van der Waals surface area contributed by atoms with Gasteiger partial charge in [0.1, 0.15) is 0 Å². The molecule has 0 radical (unpaired) electrons. The van der Waals surface area contributed by atoms with Crippen LogP contribution in [0, 0.1) is 4.77 Å². The molecule has 0 aliphatic rings. The first-order valence-electron chi connectivity index (χ1n) is 5.86. The Morgan fingerprint density at radius 1 is 1.14 bits per heavy atom. The third-order valence-corrected chi connectivity index (χ3v) is 3.06. The highest BCUT2D eigenvalue weighted by Gasteiger charge is 2.32. The van der Waals surface area contributed by atoms with E-state index in [0.29, 0.717) is 11.2 Å². The van der Waals surface area contributed by atoms with E-state index >= 15 is 0 Å². The van der Waals surface area contributed by atoms with Crippen molar-refractivity contribution in [3.63, 3.8) is 0 Å². The Balaban J connectivity index is 2.24. The topological polar surface area (TPSA) is 42.8 Å². The maximum absolute atomic E-state index is 12.5. The number of H-pyrrole nitrogens is 1. The van der Waals surface area contributed by atoms with E-state index in [1.54, 1.807) is 18.2 Å². The lowest BCUT2D eigenvalue weighted by molar-refractivity contribution is -0.274. The quantitative estimate of drug-likeness (QED) is 0.728. The van der Waals surface area contributed by atoms with Crippen LogP contribution in [0.3, 0.4) is 0 Å². The number of aromatic amines is 1. The number of alkyl halides is 3. The minimum absolute atomic E-state index is 0.171. The Morgan fingerprint density at radius 3 is 2.67 bits per heavy atom. The lowest BCUT2D eigenvalue weighted by atomic mass is 10.3. The van der Waals surface area contributed by atoms with Crippen LogP contribution in [0.2, 0.25) is 0 Å². The zero-order chi connectivity index (χ0) is 15.0. The molecular weight excluding hydrogens is 303 g/mol. The molecule has 2 heterocycles. The molecule has 1 aromatic carbocycles. The first kappa shape index (κ1) is 13.6. The van der Waals surface area contributed by atoms with Crippen LogP contribution >= 0.6 is 12.2 Å². The molecule has 3 aromatic rings. The third-order valence-electron chi connectivity index (χ3n) is 2.78. The predicted molar refractivity (Wildman–Crippen MR) is 72.9 cm³/mol. The average Bonchev–Trinajstić information content (AvgIpc) is 2.73. The van der Waals surface area contributed by atoms with Gasteiger partial charge in [0.25, 0.3) is 0 Å². The Morgan fingerprint density at radius 2 is 1.90 bits per heavy atom. The number of hydrogen-bond acceptors (Lipinski definition) is 3. The van der Waals surface area contributed by atoms with Crippen molar-refractivity contribution in [1.82, 2.24) is 14.5 Å². The molecule has 3 rings (SSSR count). The van der Waals surface area contributed by atoms with Gasteiger partial charge < -0.3 is 9.72 Å². The number of nitrogens with one attached hydrogen (secondary N) is 1. The zero-order valence-electron chi connectivity index (χ0n) is 10.4. The maximum Gasteiger partial charge on any atom is 0.573 e. The van der Waals surface area contributed by atoms with E-state index < -0.39 is 6.36 Å². The van der Waals surface area contributed by atoms with Crippen molar-refractivity contribution < 1.29 is 17.9 Å². The molecule has 0 saturated heterocycles. The summed E-state index contributed by atoms with van der Waals surface area (Å²) in [4.78, 5) is 7.04. The van der Waals surface area contributed by atoms with Crippen LogP contribution in [-0.4, -0.2) is 20.9 Å². The van der Waals surface area contributed by atoms with Gasteiger partial charge in [-0.2, -0.15) is 0 Å². The summed E-state index contributed by atoms with van der Waals surface area (Å²) in [6, 6.07) is 9.21. The number of nitrogens with zero attached hydrogens (tertiary/aromatic N) is 2. The van der Waals surface area contributed by atoms with E-state index in [-0.39, 0.29) is 16.2 Å². The van der Waals surface area contributed by atoms with Crippen LogP contribution in [0.4, 0.5) is 13.2 Å². The number of imidazole rings is 1. The van der Waals surface area contributed by atoms with Crippen LogP contribution in [0.5, 0.6) is 5.75 Å². The highest BCUT2D eigenvalue weighted by molar-refractivity contribution is 7.71. The van der Waals surface area contributed by atoms with Crippen LogP contribution in [0.25, 0.3) is 16.9 Å². The van der Waals surface area contributed by atoms with E-state index in [9.17, 15) is 13.2 Å². The van der Waals surface area contributed by atoms with Crippen molar-refractivity contribution in [2.75, 3.05) is 0 Å². The fraction of sp³-hybridized carbons (Fsp3) is 0.0769. The van der Waals surface area contributed by atoms with Crippen molar-refractivity contribution in [3.05, 3.63) is 47.4 Å². The normalized spacial score (nSPS) is 11.8. The number of hydrogen-bond donors (Lipinski definition) is 1. The molecule has 4 nitrogen and oxygen atoms in total. The van der Waals surface area contributed by atoms with Gasteiger partial charge in [-0.15, -0.1) is 13.2 Å². The lowest BCUT2D eigenvalue weighted by Crippen LogP contribution is -2.18. The monoisotopic (exact) mass is 311 g/mol. The third kappa shape index (κ3) is 2.62. The molecular formula is C13H8F3N3OS. The molecule has 108 valence electrons. The first-order valence-corrected chi connectivity index (χ1v) is 6.27. The number of para-hydroxylation sites is 2. The minimum Gasteiger partial charge on any atom is -0.404 e. The van der Waals surface area contributed by atoms with Gasteiger partial charge in [-0.25, -0.2) is 4.98 Å². The van der Waals surface area contributed by atoms with Crippen LogP contribution in [0.15, 0.2) is 42.6 Å². The highest BCUT2D eigenvalue weighted by Crippen LogP contribution is 2.30. The largest absolute Gasteiger partial charge is 0.573 e. The fourth-order valence-corrected chi connectivity index (χ4v) is 2.31. The molecule has 0 amide bonds. The van der Waals surface area contributed by atoms with E-state index in [1.807, 2.05) is 0 Å². The van der Waals surface area contributed by atoms with Crippen molar-refractivity contribution in [2.45, 2.75) is 6.36 Å². The minimum atomic E-state index is -4.78. The summed E-state index contributed by atoms with van der Waals surface area (Å²) in [6.07, 6.45) is -3.24. The van der Waals surface area contributed by atoms with Gasteiger partial charge in [0.15, 0.2) is 16.2 Å². The van der Waals surface area contributed by atoms with E-state index in [2.05, 4.69) is 14.7 Å². The second-order valence-corrected chi connectivity index (χ2v) is 4.54. The second-order valence-electron chi connectivity index (χ2n) is 4.16. The Hall–Kier alpha value is -2.35. The van der Waals surface area contributed by atoms with Gasteiger partial charge in [-0.1, -0.05) is 12.1 Å². The molecule has 2 aromatic heterocycles. The fourth-order valence-electron chi connectivity index (χ4n) is 2.02. The molecule has 8 heteroatoms. The summed E-state index contributed by atoms with van der Waals surface area (Å²) in [6.45, 7) is 0. The van der Waals surface area contributed by atoms with Crippen molar-refractivity contribution >= 4 is 23.4 Å². The summed E-state index contributed by atoms with van der Waals surface area (Å²) in [7, 11) is 0. The van der Waals surface area contributed by atoms with Gasteiger partial charge in [-0.05, 0) is 36.5 Å². The smallest absolute Gasteiger partial charge is 0.404 e. The summed E-state index contributed by atoms with van der Waals surface area (Å²) in [5, 5.41) is 0. The van der Waals surface area contributed by atoms with E-state index in [1.165, 1.54) is 29.0 Å². The summed E-state index contributed by atoms with van der Waals surface area (Å²) < 4.78 is 43.2. The van der Waals surface area contributed by atoms with Crippen LogP contribution < -0.4 is 4.74 Å². The Kier molecular flexibility index (Phi) is 3.17. The molecule has 0 spiro atoms. The number of aromatic nitrogens is 3.